The molecular formula is C62H45N5. The molecular weight excluding hydrogens is 815 g/mol. The van der Waals surface area contributed by atoms with E-state index < -0.39 is 0 Å². The molecule has 0 aliphatic carbocycles. The highest BCUT2D eigenvalue weighted by atomic mass is 15.1. The number of fused-ring (bicyclic) bond motifs is 18. The minimum Gasteiger partial charge on any atom is -0.309 e. The highest BCUT2D eigenvalue weighted by Crippen LogP contribution is 2.49. The smallest absolute Gasteiger partial charge is 0.165 e. The number of rotatable bonds is 2. The van der Waals surface area contributed by atoms with Gasteiger partial charge in [-0.25, -0.2) is 9.97 Å². The number of hydrogen-bond acceptors (Lipinski definition) is 2. The molecule has 0 fully saturated rings. The van der Waals surface area contributed by atoms with Crippen molar-refractivity contribution in [3.8, 4) is 16.8 Å². The van der Waals surface area contributed by atoms with Crippen LogP contribution in [0.4, 0.5) is 0 Å². The summed E-state index contributed by atoms with van der Waals surface area (Å²) in [6, 6.07) is 61.1. The monoisotopic (exact) mass is 859 g/mol. The Morgan fingerprint density at radius 3 is 1.64 bits per heavy atom. The summed E-state index contributed by atoms with van der Waals surface area (Å²) in [6.07, 6.45) is 0. The molecule has 9 aromatic carbocycles. The molecule has 0 atom stereocenters. The summed E-state index contributed by atoms with van der Waals surface area (Å²) >= 11 is 0. The van der Waals surface area contributed by atoms with Crippen LogP contribution in [0.15, 0.2) is 164 Å². The van der Waals surface area contributed by atoms with Crippen LogP contribution in [0.3, 0.4) is 0 Å². The molecule has 0 amide bonds. The van der Waals surface area contributed by atoms with Crippen LogP contribution < -0.4 is 0 Å². The van der Waals surface area contributed by atoms with E-state index in [4.69, 9.17) is 9.97 Å². The minimum absolute atomic E-state index is 0.0737. The van der Waals surface area contributed by atoms with Crippen molar-refractivity contribution >= 4 is 120 Å². The van der Waals surface area contributed by atoms with Gasteiger partial charge in [-0.3, -0.25) is 8.80 Å². The Morgan fingerprint density at radius 2 is 0.925 bits per heavy atom. The lowest BCUT2D eigenvalue weighted by Crippen LogP contribution is -2.10. The number of nitrogens with zero attached hydrogens (tertiary/aromatic N) is 5. The third-order valence-electron chi connectivity index (χ3n) is 15.1. The largest absolute Gasteiger partial charge is 0.309 e. The van der Waals surface area contributed by atoms with Crippen LogP contribution in [0.2, 0.25) is 0 Å². The molecule has 0 radical (unpaired) electrons. The zero-order valence-electron chi connectivity index (χ0n) is 38.3. The second kappa shape index (κ2) is 12.4. The van der Waals surface area contributed by atoms with Crippen LogP contribution in [0, 0.1) is 0 Å². The molecule has 5 heteroatoms. The fourth-order valence-electron chi connectivity index (χ4n) is 11.8. The van der Waals surface area contributed by atoms with E-state index in [1.165, 1.54) is 109 Å². The van der Waals surface area contributed by atoms with Crippen LogP contribution in [0.5, 0.6) is 0 Å². The van der Waals surface area contributed by atoms with Crippen LogP contribution in [0.25, 0.3) is 137 Å². The fraction of sp³-hybridized carbons (Fsp3) is 0.129. The average Bonchev–Trinajstić information content (AvgIpc) is 4.12. The van der Waals surface area contributed by atoms with Crippen molar-refractivity contribution in [2.75, 3.05) is 0 Å². The summed E-state index contributed by atoms with van der Waals surface area (Å²) in [7, 11) is 0. The Balaban J connectivity index is 1.13. The lowest BCUT2D eigenvalue weighted by molar-refractivity contribution is 0.591. The molecule has 5 nitrogen and oxygen atoms in total. The Kier molecular flexibility index (Phi) is 6.92. The quantitative estimate of drug-likeness (QED) is 0.174. The zero-order valence-corrected chi connectivity index (χ0v) is 38.3. The second-order valence-corrected chi connectivity index (χ2v) is 21.1. The predicted octanol–water partition coefficient (Wildman–Crippen LogP) is 16.4. The van der Waals surface area contributed by atoms with E-state index in [0.29, 0.717) is 0 Å². The molecule has 67 heavy (non-hydrogen) atoms. The molecule has 6 heterocycles. The van der Waals surface area contributed by atoms with E-state index >= 15 is 0 Å². The van der Waals surface area contributed by atoms with Crippen molar-refractivity contribution in [1.29, 1.82) is 0 Å². The van der Waals surface area contributed by atoms with Gasteiger partial charge in [0.05, 0.1) is 33.1 Å². The zero-order chi connectivity index (χ0) is 44.8. The van der Waals surface area contributed by atoms with Crippen molar-refractivity contribution in [1.82, 2.24) is 23.3 Å². The first-order valence-electron chi connectivity index (χ1n) is 23.6. The van der Waals surface area contributed by atoms with E-state index in [1.807, 2.05) is 0 Å². The number of para-hydroxylation sites is 2. The van der Waals surface area contributed by atoms with Crippen molar-refractivity contribution < 1.29 is 0 Å². The predicted molar refractivity (Wildman–Crippen MR) is 284 cm³/mol. The van der Waals surface area contributed by atoms with E-state index in [0.717, 1.165) is 38.8 Å². The lowest BCUT2D eigenvalue weighted by Gasteiger charge is -2.19. The Bertz CT molecular complexity index is 4620. The molecule has 0 bridgehead atoms. The number of hydrogen-bond donors (Lipinski definition) is 0. The summed E-state index contributed by atoms with van der Waals surface area (Å²) in [5.41, 5.74) is 16.7. The summed E-state index contributed by atoms with van der Waals surface area (Å²) < 4.78 is 7.30. The molecule has 0 aliphatic rings. The van der Waals surface area contributed by atoms with E-state index in [2.05, 4.69) is 219 Å². The summed E-state index contributed by atoms with van der Waals surface area (Å²) in [5, 5.41) is 14.7. The minimum atomic E-state index is -0.110. The van der Waals surface area contributed by atoms with Crippen LogP contribution in [-0.4, -0.2) is 23.3 Å². The second-order valence-electron chi connectivity index (χ2n) is 21.1. The van der Waals surface area contributed by atoms with E-state index in [1.54, 1.807) is 0 Å². The maximum absolute atomic E-state index is 5.91. The topological polar surface area (TPSA) is 39.5 Å². The maximum atomic E-state index is 5.91. The van der Waals surface area contributed by atoms with Gasteiger partial charge in [0.2, 0.25) is 0 Å². The average molecular weight is 860 g/mol. The molecule has 6 aromatic heterocycles. The van der Waals surface area contributed by atoms with Gasteiger partial charge < -0.3 is 4.57 Å². The summed E-state index contributed by atoms with van der Waals surface area (Å²) in [6.45, 7) is 13.9. The highest BCUT2D eigenvalue weighted by Gasteiger charge is 2.30. The van der Waals surface area contributed by atoms with Crippen molar-refractivity contribution in [2.24, 2.45) is 0 Å². The van der Waals surface area contributed by atoms with E-state index in [9.17, 15) is 0 Å². The molecule has 0 saturated carbocycles. The lowest BCUT2D eigenvalue weighted by atomic mass is 9.85. The van der Waals surface area contributed by atoms with Crippen molar-refractivity contribution in [2.45, 2.75) is 52.4 Å². The van der Waals surface area contributed by atoms with Crippen LogP contribution >= 0.6 is 0 Å². The molecule has 0 N–H and O–H groups in total. The first kappa shape index (κ1) is 37.2. The van der Waals surface area contributed by atoms with Gasteiger partial charge in [0.15, 0.2) is 11.3 Å². The highest BCUT2D eigenvalue weighted by molar-refractivity contribution is 6.32. The Morgan fingerprint density at radius 1 is 0.373 bits per heavy atom. The summed E-state index contributed by atoms with van der Waals surface area (Å²) in [4.78, 5) is 11.8. The SMILES string of the molecule is CC(C)(C)c1cc2c3cc4ccccc4cc3n3c4nc5c6cc(C(C)(C)C)cc7c8c9ccccc9cc(-c9ccc%10c(c9)c9ccccc9n%10-c9ccccc9)c8n(c5nc4c(c1)c23)c67. The normalized spacial score (nSPS) is 13.2. The molecule has 0 spiro atoms. The first-order chi connectivity index (χ1) is 32.5. The van der Waals surface area contributed by atoms with Gasteiger partial charge in [-0.15, -0.1) is 0 Å². The fourth-order valence-corrected chi connectivity index (χ4v) is 11.8. The molecule has 0 unspecified atom stereocenters. The molecule has 15 aromatic rings. The van der Waals surface area contributed by atoms with Gasteiger partial charge in [-0.1, -0.05) is 133 Å². The van der Waals surface area contributed by atoms with E-state index in [-0.39, 0.29) is 10.8 Å². The third kappa shape index (κ3) is 4.83. The van der Waals surface area contributed by atoms with Gasteiger partial charge in [0.25, 0.3) is 0 Å². The third-order valence-corrected chi connectivity index (χ3v) is 15.1. The molecule has 15 rings (SSSR count). The van der Waals surface area contributed by atoms with Crippen LogP contribution in [0.1, 0.15) is 52.7 Å². The van der Waals surface area contributed by atoms with Gasteiger partial charge in [-0.2, -0.15) is 0 Å². The molecule has 0 aliphatic heterocycles. The number of benzene rings is 9. The van der Waals surface area contributed by atoms with Gasteiger partial charge in [0, 0.05) is 54.3 Å². The Hall–Kier alpha value is -8.02. The van der Waals surface area contributed by atoms with Gasteiger partial charge in [0.1, 0.15) is 11.0 Å². The first-order valence-corrected chi connectivity index (χ1v) is 23.6. The molecule has 318 valence electrons. The Labute approximate surface area is 385 Å². The van der Waals surface area contributed by atoms with Crippen LogP contribution in [-0.2, 0) is 10.8 Å². The maximum Gasteiger partial charge on any atom is 0.165 e. The summed E-state index contributed by atoms with van der Waals surface area (Å²) in [5.74, 6) is 0. The van der Waals surface area contributed by atoms with Crippen molar-refractivity contribution in [3.63, 3.8) is 0 Å². The number of aromatic nitrogens is 5. The van der Waals surface area contributed by atoms with Gasteiger partial charge >= 0.3 is 0 Å². The standard InChI is InChI=1S/C62H45N5/c1-61(2,3)38-30-46-45-26-34-16-10-11-17-35(34)29-52(45)66-56(46)48(32-38)54-59(66)63-55-49-33-39(62(4,5)6)31-47-53-41-21-13-12-18-36(41)27-43(58(53)67(57(47)49)60(55)64-54)37-24-25-51-44(28-37)42-22-14-15-23-50(42)65(51)40-19-8-7-9-20-40/h7-33H,1-6H3. The van der Waals surface area contributed by atoms with Gasteiger partial charge in [-0.05, 0) is 122 Å². The molecule has 0 saturated heterocycles. The van der Waals surface area contributed by atoms with Crippen molar-refractivity contribution in [3.05, 3.63) is 175 Å².